The van der Waals surface area contributed by atoms with Crippen LogP contribution in [0.5, 0.6) is 5.75 Å². The van der Waals surface area contributed by atoms with E-state index >= 15 is 0 Å². The third kappa shape index (κ3) is 3.67. The summed E-state index contributed by atoms with van der Waals surface area (Å²) < 4.78 is 5.84. The molecule has 1 saturated heterocycles. The second-order valence-electron chi connectivity index (χ2n) is 5.81. The van der Waals surface area contributed by atoms with Gasteiger partial charge in [0.25, 0.3) is 0 Å². The Bertz CT molecular complexity index is 436. The van der Waals surface area contributed by atoms with Crippen LogP contribution < -0.4 is 10.5 Å². The van der Waals surface area contributed by atoms with Crippen LogP contribution in [0.4, 0.5) is 0 Å². The van der Waals surface area contributed by atoms with Crippen molar-refractivity contribution < 1.29 is 4.74 Å². The van der Waals surface area contributed by atoms with Gasteiger partial charge in [-0.15, -0.1) is 0 Å². The fourth-order valence-corrected chi connectivity index (χ4v) is 2.62. The Morgan fingerprint density at radius 1 is 1.50 bits per heavy atom. The summed E-state index contributed by atoms with van der Waals surface area (Å²) in [5.74, 6) is 1.87. The number of aromatic nitrogens is 2. The molecule has 0 aliphatic carbocycles. The molecule has 0 saturated carbocycles. The average Bonchev–Trinajstić information content (AvgIpc) is 2.84. The van der Waals surface area contributed by atoms with Gasteiger partial charge in [-0.1, -0.05) is 13.8 Å². The number of ether oxygens (including phenoxy) is 1. The van der Waals surface area contributed by atoms with Crippen molar-refractivity contribution in [1.82, 2.24) is 14.9 Å². The molecule has 0 radical (unpaired) electrons. The number of nitrogens with two attached hydrogens (primary N) is 1. The van der Waals surface area contributed by atoms with E-state index in [4.69, 9.17) is 10.5 Å². The zero-order valence-corrected chi connectivity index (χ0v) is 12.8. The molecular weight excluding hydrogens is 252 g/mol. The van der Waals surface area contributed by atoms with E-state index in [1.165, 1.54) is 19.4 Å². The van der Waals surface area contributed by atoms with E-state index in [-0.39, 0.29) is 0 Å². The van der Waals surface area contributed by atoms with E-state index < -0.39 is 0 Å². The van der Waals surface area contributed by atoms with Crippen LogP contribution in [0.1, 0.15) is 50.5 Å². The van der Waals surface area contributed by atoms with E-state index in [0.717, 1.165) is 23.7 Å². The average molecular weight is 278 g/mol. The molecule has 0 amide bonds. The quantitative estimate of drug-likeness (QED) is 0.861. The van der Waals surface area contributed by atoms with Crippen LogP contribution >= 0.6 is 0 Å². The van der Waals surface area contributed by atoms with Crippen molar-refractivity contribution >= 4 is 0 Å². The third-order valence-electron chi connectivity index (χ3n) is 3.94. The lowest BCUT2D eigenvalue weighted by molar-refractivity contribution is 0.231. The van der Waals surface area contributed by atoms with Crippen molar-refractivity contribution in [3.05, 3.63) is 17.7 Å². The molecule has 0 bridgehead atoms. The highest BCUT2D eigenvalue weighted by Crippen LogP contribution is 2.21. The van der Waals surface area contributed by atoms with Crippen LogP contribution in [0, 0.1) is 0 Å². The Balaban J connectivity index is 1.91. The molecule has 1 aliphatic heterocycles. The highest BCUT2D eigenvalue weighted by molar-refractivity contribution is 5.25. The van der Waals surface area contributed by atoms with Gasteiger partial charge in [0.05, 0.1) is 18.5 Å². The zero-order chi connectivity index (χ0) is 14.5. The summed E-state index contributed by atoms with van der Waals surface area (Å²) in [7, 11) is 2.18. The number of likely N-dealkylation sites (tertiary alicyclic amines) is 1. The smallest absolute Gasteiger partial charge is 0.160 e. The van der Waals surface area contributed by atoms with Gasteiger partial charge in [0.2, 0.25) is 0 Å². The van der Waals surface area contributed by atoms with Gasteiger partial charge in [-0.3, -0.25) is 0 Å². The van der Waals surface area contributed by atoms with Crippen LogP contribution in [0.3, 0.4) is 0 Å². The minimum Gasteiger partial charge on any atom is -0.490 e. The lowest BCUT2D eigenvalue weighted by atomic mass is 10.1. The van der Waals surface area contributed by atoms with Gasteiger partial charge in [0, 0.05) is 18.5 Å². The van der Waals surface area contributed by atoms with E-state index in [9.17, 15) is 0 Å². The van der Waals surface area contributed by atoms with Gasteiger partial charge in [-0.25, -0.2) is 9.97 Å². The summed E-state index contributed by atoms with van der Waals surface area (Å²) in [5.41, 5.74) is 6.57. The Morgan fingerprint density at radius 2 is 2.30 bits per heavy atom. The first kappa shape index (κ1) is 15.2. The molecule has 1 fully saturated rings. The fraction of sp³-hybridized carbons (Fsp3) is 0.733. The molecule has 1 unspecified atom stereocenters. The lowest BCUT2D eigenvalue weighted by Crippen LogP contribution is -2.26. The zero-order valence-electron chi connectivity index (χ0n) is 12.8. The molecular formula is C15H26N4O. The molecule has 1 aliphatic rings. The summed E-state index contributed by atoms with van der Waals surface area (Å²) in [5, 5.41) is 0. The van der Waals surface area contributed by atoms with Gasteiger partial charge < -0.3 is 15.4 Å². The maximum atomic E-state index is 5.84. The predicted molar refractivity (Wildman–Crippen MR) is 79.8 cm³/mol. The van der Waals surface area contributed by atoms with Crippen molar-refractivity contribution in [2.75, 3.05) is 20.2 Å². The van der Waals surface area contributed by atoms with Gasteiger partial charge in [-0.05, 0) is 32.9 Å². The van der Waals surface area contributed by atoms with Gasteiger partial charge in [-0.2, -0.15) is 0 Å². The third-order valence-corrected chi connectivity index (χ3v) is 3.94. The minimum atomic E-state index is 0.307. The van der Waals surface area contributed by atoms with Gasteiger partial charge >= 0.3 is 0 Å². The van der Waals surface area contributed by atoms with E-state index in [0.29, 0.717) is 25.1 Å². The first-order valence-corrected chi connectivity index (χ1v) is 7.50. The van der Waals surface area contributed by atoms with Crippen molar-refractivity contribution in [1.29, 1.82) is 0 Å². The number of nitrogens with zero attached hydrogens (tertiary/aromatic N) is 3. The highest BCUT2D eigenvalue weighted by atomic mass is 16.5. The standard InChI is InChI=1S/C15H26N4O/c1-11(2)15-17-10-14(13(9-16)18-15)20-8-6-12-5-4-7-19(12)3/h10-12H,4-9,16H2,1-3H3. The second kappa shape index (κ2) is 6.99. The Hall–Kier alpha value is -1.20. The van der Waals surface area contributed by atoms with Crippen molar-refractivity contribution in [2.24, 2.45) is 5.73 Å². The lowest BCUT2D eigenvalue weighted by Gasteiger charge is -2.19. The summed E-state index contributed by atoms with van der Waals surface area (Å²) in [6.07, 6.45) is 5.38. The molecule has 112 valence electrons. The Labute approximate surface area is 121 Å². The second-order valence-corrected chi connectivity index (χ2v) is 5.81. The molecule has 2 N–H and O–H groups in total. The molecule has 0 aromatic carbocycles. The van der Waals surface area contributed by atoms with Crippen molar-refractivity contribution in [2.45, 2.75) is 51.6 Å². The highest BCUT2D eigenvalue weighted by Gasteiger charge is 2.20. The number of hydrogen-bond acceptors (Lipinski definition) is 5. The molecule has 2 rings (SSSR count). The minimum absolute atomic E-state index is 0.307. The summed E-state index contributed by atoms with van der Waals surface area (Å²) >= 11 is 0. The molecule has 20 heavy (non-hydrogen) atoms. The normalized spacial score (nSPS) is 19.8. The molecule has 5 nitrogen and oxygen atoms in total. The molecule has 0 spiro atoms. The Kier molecular flexibility index (Phi) is 5.31. The molecule has 2 heterocycles. The van der Waals surface area contributed by atoms with Crippen LogP contribution in [0.2, 0.25) is 0 Å². The van der Waals surface area contributed by atoms with E-state index in [2.05, 4.69) is 35.8 Å². The maximum Gasteiger partial charge on any atom is 0.160 e. The molecule has 1 atom stereocenters. The first-order chi connectivity index (χ1) is 9.61. The predicted octanol–water partition coefficient (Wildman–Crippen LogP) is 1.92. The fourth-order valence-electron chi connectivity index (χ4n) is 2.62. The van der Waals surface area contributed by atoms with Crippen LogP contribution in [0.25, 0.3) is 0 Å². The molecule has 1 aromatic rings. The van der Waals surface area contributed by atoms with E-state index in [1.807, 2.05) is 0 Å². The van der Waals surface area contributed by atoms with E-state index in [1.54, 1.807) is 6.20 Å². The van der Waals surface area contributed by atoms with Crippen molar-refractivity contribution in [3.8, 4) is 5.75 Å². The van der Waals surface area contributed by atoms with Crippen LogP contribution in [-0.4, -0.2) is 41.1 Å². The SMILES string of the molecule is CC(C)c1ncc(OCCC2CCCN2C)c(CN)n1. The summed E-state index contributed by atoms with van der Waals surface area (Å²) in [6.45, 7) is 6.44. The first-order valence-electron chi connectivity index (χ1n) is 7.50. The maximum absolute atomic E-state index is 5.84. The largest absolute Gasteiger partial charge is 0.490 e. The van der Waals surface area contributed by atoms with Crippen LogP contribution in [0.15, 0.2) is 6.20 Å². The van der Waals surface area contributed by atoms with Gasteiger partial charge in [0.15, 0.2) is 5.75 Å². The molecule has 5 heteroatoms. The topological polar surface area (TPSA) is 64.3 Å². The van der Waals surface area contributed by atoms with Gasteiger partial charge in [0.1, 0.15) is 5.82 Å². The number of rotatable bonds is 6. The molecule has 1 aromatic heterocycles. The summed E-state index contributed by atoms with van der Waals surface area (Å²) in [6, 6.07) is 0.646. The van der Waals surface area contributed by atoms with Crippen molar-refractivity contribution in [3.63, 3.8) is 0 Å². The van der Waals surface area contributed by atoms with Crippen LogP contribution in [-0.2, 0) is 6.54 Å². The Morgan fingerprint density at radius 3 is 2.90 bits per heavy atom. The monoisotopic (exact) mass is 278 g/mol. The summed E-state index contributed by atoms with van der Waals surface area (Å²) in [4.78, 5) is 11.2. The number of hydrogen-bond donors (Lipinski definition) is 1.